The third kappa shape index (κ3) is 8.22. The van der Waals surface area contributed by atoms with Crippen LogP contribution in [0, 0.1) is 5.82 Å². The first kappa shape index (κ1) is 35.2. The molecular formula is C39H40F2N6O4. The molecule has 1 amide bonds. The van der Waals surface area contributed by atoms with E-state index in [9.17, 15) is 23.2 Å². The molecule has 10 nitrogen and oxygen atoms in total. The van der Waals surface area contributed by atoms with Crippen LogP contribution in [0.25, 0.3) is 33.4 Å². The highest BCUT2D eigenvalue weighted by atomic mass is 19.1. The van der Waals surface area contributed by atoms with E-state index in [-0.39, 0.29) is 36.2 Å². The maximum Gasteiger partial charge on any atom is 0.410 e. The molecule has 264 valence electrons. The minimum atomic E-state index is -0.681. The van der Waals surface area contributed by atoms with E-state index in [1.165, 1.54) is 41.2 Å². The molecular weight excluding hydrogens is 654 g/mol. The molecule has 12 heteroatoms. The summed E-state index contributed by atoms with van der Waals surface area (Å²) in [6.07, 6.45) is 9.49. The summed E-state index contributed by atoms with van der Waals surface area (Å²) in [5.74, 6) is -0.528. The molecule has 2 aromatic carbocycles. The fraction of sp³-hybridized carbons (Fsp3) is 0.308. The summed E-state index contributed by atoms with van der Waals surface area (Å²) in [6.45, 7) is 6.03. The Labute approximate surface area is 294 Å². The van der Waals surface area contributed by atoms with Gasteiger partial charge in [0, 0.05) is 66.6 Å². The van der Waals surface area contributed by atoms with Crippen LogP contribution in [-0.4, -0.2) is 61.5 Å². The first-order valence-electron chi connectivity index (χ1n) is 16.8. The highest BCUT2D eigenvalue weighted by Crippen LogP contribution is 2.31. The molecule has 1 aliphatic rings. The molecule has 6 rings (SSSR count). The first-order valence-corrected chi connectivity index (χ1v) is 16.8. The van der Waals surface area contributed by atoms with E-state index in [1.54, 1.807) is 29.4 Å². The van der Waals surface area contributed by atoms with Crippen LogP contribution < -0.4 is 11.2 Å². The Kier molecular flexibility index (Phi) is 10.1. The lowest BCUT2D eigenvalue weighted by atomic mass is 9.97. The molecule has 1 aliphatic heterocycles. The Balaban J connectivity index is 1.15. The Bertz CT molecular complexity index is 2090. The summed E-state index contributed by atoms with van der Waals surface area (Å²) in [7, 11) is 0. The Morgan fingerprint density at radius 3 is 2.24 bits per heavy atom. The normalized spacial score (nSPS) is 13.7. The van der Waals surface area contributed by atoms with E-state index < -0.39 is 29.3 Å². The van der Waals surface area contributed by atoms with Crippen LogP contribution in [-0.2, 0) is 17.7 Å². The number of hydrogen-bond donors (Lipinski definition) is 1. The molecule has 1 fully saturated rings. The molecule has 0 spiro atoms. The SMILES string of the molecule is CC(C)(C)OC(=O)N1CCC(n2cc(-c3cnc(N)c(-c4ccc(CC(=O)c5cn(CCF)cc(-c6ccc(F)cc6)c5=O)cc4)c3)cn2)CC1. The van der Waals surface area contributed by atoms with E-state index in [1.807, 2.05) is 49.8 Å². The van der Waals surface area contributed by atoms with Gasteiger partial charge in [-0.25, -0.2) is 18.6 Å². The number of pyridine rings is 2. The van der Waals surface area contributed by atoms with Crippen molar-refractivity contribution in [1.82, 2.24) is 24.2 Å². The molecule has 0 saturated carbocycles. The van der Waals surface area contributed by atoms with Gasteiger partial charge in [0.25, 0.3) is 0 Å². The zero-order valence-electron chi connectivity index (χ0n) is 28.8. The average molecular weight is 695 g/mol. The summed E-state index contributed by atoms with van der Waals surface area (Å²) >= 11 is 0. The number of halogens is 2. The number of aryl methyl sites for hydroxylation is 1. The van der Waals surface area contributed by atoms with Gasteiger partial charge >= 0.3 is 6.09 Å². The number of rotatable bonds is 9. The molecule has 3 aromatic heterocycles. The number of ketones is 1. The van der Waals surface area contributed by atoms with Crippen molar-refractivity contribution in [2.24, 2.45) is 0 Å². The molecule has 1 saturated heterocycles. The van der Waals surface area contributed by atoms with Crippen LogP contribution >= 0.6 is 0 Å². The second kappa shape index (κ2) is 14.7. The standard InChI is InChI=1S/C39H40F2N6O4/c1-39(2,3)51-38(50)46-15-12-31(13-16-46)47-22-29(21-44-47)28-19-32(37(42)43-20-28)26-6-4-25(5-7-26)18-35(48)34-24-45(17-14-40)23-33(36(34)49)27-8-10-30(41)11-9-27/h4-11,19-24,31H,12-18H2,1-3H3,(H2,42,43). The van der Waals surface area contributed by atoms with E-state index in [0.717, 1.165) is 29.5 Å². The smallest absolute Gasteiger partial charge is 0.410 e. The topological polar surface area (TPSA) is 125 Å². The van der Waals surface area contributed by atoms with Crippen molar-refractivity contribution in [1.29, 1.82) is 0 Å². The van der Waals surface area contributed by atoms with Gasteiger partial charge in [0.05, 0.1) is 24.3 Å². The number of benzene rings is 2. The fourth-order valence-electron chi connectivity index (χ4n) is 6.17. The number of nitrogen functional groups attached to an aromatic ring is 1. The largest absolute Gasteiger partial charge is 0.444 e. The predicted octanol–water partition coefficient (Wildman–Crippen LogP) is 7.13. The quantitative estimate of drug-likeness (QED) is 0.163. The second-order valence-corrected chi connectivity index (χ2v) is 13.7. The number of hydrogen-bond acceptors (Lipinski definition) is 7. The van der Waals surface area contributed by atoms with Crippen LogP contribution in [0.4, 0.5) is 19.4 Å². The lowest BCUT2D eigenvalue weighted by Crippen LogP contribution is -2.42. The van der Waals surface area contributed by atoms with E-state index in [4.69, 9.17) is 10.5 Å². The van der Waals surface area contributed by atoms with Crippen molar-refractivity contribution in [2.75, 3.05) is 25.5 Å². The van der Waals surface area contributed by atoms with Gasteiger partial charge in [0.1, 0.15) is 23.9 Å². The number of ether oxygens (including phenoxy) is 1. The molecule has 0 aliphatic carbocycles. The zero-order valence-corrected chi connectivity index (χ0v) is 28.8. The van der Waals surface area contributed by atoms with E-state index in [0.29, 0.717) is 35.6 Å². The number of carbonyl (C=O) groups is 2. The summed E-state index contributed by atoms with van der Waals surface area (Å²) < 4.78 is 35.7. The number of carbonyl (C=O) groups excluding carboxylic acids is 2. The van der Waals surface area contributed by atoms with Crippen molar-refractivity contribution >= 4 is 17.7 Å². The van der Waals surface area contributed by atoms with E-state index >= 15 is 0 Å². The third-order valence-corrected chi connectivity index (χ3v) is 8.85. The number of nitrogens with zero attached hydrogens (tertiary/aromatic N) is 5. The van der Waals surface area contributed by atoms with Crippen LogP contribution in [0.15, 0.2) is 90.4 Å². The number of anilines is 1. The molecule has 0 atom stereocenters. The summed E-state index contributed by atoms with van der Waals surface area (Å²) in [5.41, 5.74) is 9.74. The van der Waals surface area contributed by atoms with Crippen molar-refractivity contribution in [3.63, 3.8) is 0 Å². The van der Waals surface area contributed by atoms with Crippen molar-refractivity contribution < 1.29 is 23.1 Å². The van der Waals surface area contributed by atoms with Gasteiger partial charge in [-0.05, 0) is 68.5 Å². The molecule has 0 radical (unpaired) electrons. The number of Topliss-reactive ketones (excluding diaryl/α,β-unsaturated/α-hetero) is 1. The average Bonchev–Trinajstić information content (AvgIpc) is 3.60. The zero-order chi connectivity index (χ0) is 36.3. The van der Waals surface area contributed by atoms with Gasteiger partial charge < -0.3 is 19.9 Å². The van der Waals surface area contributed by atoms with Crippen LogP contribution in [0.2, 0.25) is 0 Å². The summed E-state index contributed by atoms with van der Waals surface area (Å²) in [5, 5.41) is 4.62. The number of amides is 1. The maximum atomic E-state index is 13.5. The number of alkyl halides is 1. The monoisotopic (exact) mass is 694 g/mol. The Morgan fingerprint density at radius 2 is 1.57 bits per heavy atom. The van der Waals surface area contributed by atoms with Crippen molar-refractivity contribution in [3.05, 3.63) is 113 Å². The predicted molar refractivity (Wildman–Crippen MR) is 191 cm³/mol. The van der Waals surface area contributed by atoms with Gasteiger partial charge in [-0.1, -0.05) is 36.4 Å². The maximum absolute atomic E-state index is 13.5. The van der Waals surface area contributed by atoms with Gasteiger partial charge in [0.2, 0.25) is 0 Å². The lowest BCUT2D eigenvalue weighted by molar-refractivity contribution is 0.0184. The van der Waals surface area contributed by atoms with Gasteiger partial charge in [0.15, 0.2) is 11.2 Å². The molecule has 51 heavy (non-hydrogen) atoms. The molecule has 0 bridgehead atoms. The molecule has 5 aromatic rings. The first-order chi connectivity index (χ1) is 24.4. The number of likely N-dealkylation sites (tertiary alicyclic amines) is 1. The summed E-state index contributed by atoms with van der Waals surface area (Å²) in [4.78, 5) is 45.4. The number of aromatic nitrogens is 4. The Hall–Kier alpha value is -5.65. The highest BCUT2D eigenvalue weighted by molar-refractivity contribution is 5.98. The Morgan fingerprint density at radius 1 is 0.902 bits per heavy atom. The molecule has 0 unspecified atom stereocenters. The number of nitrogens with two attached hydrogens (primary N) is 1. The van der Waals surface area contributed by atoms with Crippen LogP contribution in [0.1, 0.15) is 55.6 Å². The lowest BCUT2D eigenvalue weighted by Gasteiger charge is -2.33. The minimum absolute atomic E-state index is 0.0338. The third-order valence-electron chi connectivity index (χ3n) is 8.85. The fourth-order valence-corrected chi connectivity index (χ4v) is 6.17. The van der Waals surface area contributed by atoms with E-state index in [2.05, 4.69) is 10.1 Å². The van der Waals surface area contributed by atoms with Crippen molar-refractivity contribution in [3.8, 4) is 33.4 Å². The van der Waals surface area contributed by atoms with Crippen LogP contribution in [0.3, 0.4) is 0 Å². The molecule has 4 heterocycles. The van der Waals surface area contributed by atoms with Gasteiger partial charge in [-0.3, -0.25) is 14.3 Å². The van der Waals surface area contributed by atoms with Crippen molar-refractivity contribution in [2.45, 2.75) is 58.2 Å². The second-order valence-electron chi connectivity index (χ2n) is 13.7. The summed E-state index contributed by atoms with van der Waals surface area (Å²) in [6, 6.07) is 14.8. The highest BCUT2D eigenvalue weighted by Gasteiger charge is 2.28. The van der Waals surface area contributed by atoms with Gasteiger partial charge in [-0.2, -0.15) is 5.10 Å². The minimum Gasteiger partial charge on any atom is -0.444 e. The number of piperidine rings is 1. The molecule has 2 N–H and O–H groups in total. The van der Waals surface area contributed by atoms with Crippen LogP contribution in [0.5, 0.6) is 0 Å². The van der Waals surface area contributed by atoms with Gasteiger partial charge in [-0.15, -0.1) is 0 Å².